The molecule has 3 heterocycles. The van der Waals surface area contributed by atoms with Gasteiger partial charge in [0.1, 0.15) is 5.65 Å². The lowest BCUT2D eigenvalue weighted by Gasteiger charge is -2.23. The van der Waals surface area contributed by atoms with Gasteiger partial charge in [-0.15, -0.1) is 0 Å². The minimum absolute atomic E-state index is 0.0341. The lowest BCUT2D eigenvalue weighted by Crippen LogP contribution is -2.48. The number of aromatic nitrogens is 2. The summed E-state index contributed by atoms with van der Waals surface area (Å²) in [4.78, 5) is 27.9. The number of carbonyl (C=O) groups excluding carboxylic acids is 2. The molecule has 144 valence electrons. The van der Waals surface area contributed by atoms with E-state index in [0.717, 1.165) is 6.08 Å². The molecule has 1 atom stereocenters. The standard InChI is InChI=1S/C17H18ClN3O5S/c1-17(7-9-27(24,25)11-17)20-14(22)10-26-15(23)6-5-12-16(18)19-13-4-2-3-8-21(12)13/h2-6,8H,7,9-11H2,1H3,(H,20,22)/b6-5+/t17-/m0/s1. The Bertz CT molecular complexity index is 1030. The van der Waals surface area contributed by atoms with Crippen LogP contribution in [0.15, 0.2) is 30.5 Å². The van der Waals surface area contributed by atoms with E-state index in [4.69, 9.17) is 16.3 Å². The smallest absolute Gasteiger partial charge is 0.331 e. The number of ether oxygens (including phenoxy) is 1. The van der Waals surface area contributed by atoms with Crippen molar-refractivity contribution in [1.29, 1.82) is 0 Å². The minimum atomic E-state index is -3.14. The van der Waals surface area contributed by atoms with Crippen molar-refractivity contribution < 1.29 is 22.7 Å². The molecule has 0 radical (unpaired) electrons. The van der Waals surface area contributed by atoms with Crippen molar-refractivity contribution in [2.75, 3.05) is 18.1 Å². The number of pyridine rings is 1. The molecule has 0 aliphatic carbocycles. The van der Waals surface area contributed by atoms with Gasteiger partial charge in [-0.3, -0.25) is 9.20 Å². The van der Waals surface area contributed by atoms with E-state index in [9.17, 15) is 18.0 Å². The van der Waals surface area contributed by atoms with Crippen molar-refractivity contribution in [2.45, 2.75) is 18.9 Å². The Hall–Kier alpha value is -2.39. The molecule has 1 aliphatic heterocycles. The molecular weight excluding hydrogens is 394 g/mol. The average molecular weight is 412 g/mol. The van der Waals surface area contributed by atoms with Gasteiger partial charge < -0.3 is 10.1 Å². The highest BCUT2D eigenvalue weighted by molar-refractivity contribution is 7.91. The van der Waals surface area contributed by atoms with Gasteiger partial charge in [0.05, 0.1) is 22.7 Å². The molecule has 2 aromatic heterocycles. The quantitative estimate of drug-likeness (QED) is 0.586. The van der Waals surface area contributed by atoms with Crippen LogP contribution in [0.4, 0.5) is 0 Å². The second-order valence-electron chi connectivity index (χ2n) is 6.61. The molecule has 0 aromatic carbocycles. The predicted octanol–water partition coefficient (Wildman–Crippen LogP) is 1.24. The van der Waals surface area contributed by atoms with Crippen molar-refractivity contribution in [2.24, 2.45) is 0 Å². The first-order valence-electron chi connectivity index (χ1n) is 8.16. The fourth-order valence-corrected chi connectivity index (χ4v) is 5.28. The summed E-state index contributed by atoms with van der Waals surface area (Å²) in [6.07, 6.45) is 4.69. The van der Waals surface area contributed by atoms with Crippen LogP contribution >= 0.6 is 11.6 Å². The van der Waals surface area contributed by atoms with E-state index >= 15 is 0 Å². The van der Waals surface area contributed by atoms with Crippen molar-refractivity contribution in [1.82, 2.24) is 14.7 Å². The molecule has 0 bridgehead atoms. The number of hydrogen-bond acceptors (Lipinski definition) is 6. The molecule has 0 saturated carbocycles. The van der Waals surface area contributed by atoms with Gasteiger partial charge in [-0.2, -0.15) is 0 Å². The first kappa shape index (κ1) is 19.4. The summed E-state index contributed by atoms with van der Waals surface area (Å²) >= 11 is 6.06. The van der Waals surface area contributed by atoms with Crippen molar-refractivity contribution in [3.63, 3.8) is 0 Å². The molecule has 0 spiro atoms. The molecule has 2 aromatic rings. The van der Waals surface area contributed by atoms with Crippen molar-refractivity contribution in [3.8, 4) is 0 Å². The first-order valence-corrected chi connectivity index (χ1v) is 10.4. The van der Waals surface area contributed by atoms with Crippen LogP contribution in [-0.4, -0.2) is 53.3 Å². The zero-order valence-electron chi connectivity index (χ0n) is 14.5. The number of nitrogens with one attached hydrogen (secondary N) is 1. The van der Waals surface area contributed by atoms with Gasteiger partial charge in [-0.1, -0.05) is 17.7 Å². The topological polar surface area (TPSA) is 107 Å². The van der Waals surface area contributed by atoms with Crippen LogP contribution in [0, 0.1) is 0 Å². The maximum atomic E-state index is 11.9. The largest absolute Gasteiger partial charge is 0.452 e. The van der Waals surface area contributed by atoms with Crippen molar-refractivity contribution >= 4 is 45.0 Å². The summed E-state index contributed by atoms with van der Waals surface area (Å²) < 4.78 is 29.7. The Labute approximate surface area is 161 Å². The molecule has 3 rings (SSSR count). The molecule has 1 saturated heterocycles. The summed E-state index contributed by atoms with van der Waals surface area (Å²) in [5, 5.41) is 2.85. The van der Waals surface area contributed by atoms with Crippen LogP contribution in [0.3, 0.4) is 0 Å². The minimum Gasteiger partial charge on any atom is -0.452 e. The highest BCUT2D eigenvalue weighted by Crippen LogP contribution is 2.22. The Morgan fingerprint density at radius 2 is 2.22 bits per heavy atom. The maximum Gasteiger partial charge on any atom is 0.331 e. The fraction of sp³-hybridized carbons (Fsp3) is 0.353. The number of esters is 1. The highest BCUT2D eigenvalue weighted by atomic mass is 35.5. The van der Waals surface area contributed by atoms with Crippen molar-refractivity contribution in [3.05, 3.63) is 41.3 Å². The van der Waals surface area contributed by atoms with Crippen LogP contribution in [0.1, 0.15) is 19.0 Å². The van der Waals surface area contributed by atoms with Gasteiger partial charge >= 0.3 is 5.97 Å². The normalized spacial score (nSPS) is 21.6. The molecule has 0 unspecified atom stereocenters. The number of carbonyl (C=O) groups is 2. The van der Waals surface area contributed by atoms with Crippen LogP contribution in [0.5, 0.6) is 0 Å². The summed E-state index contributed by atoms with van der Waals surface area (Å²) in [5.41, 5.74) is 0.314. The predicted molar refractivity (Wildman–Crippen MR) is 100 cm³/mol. The van der Waals surface area contributed by atoms with Gasteiger partial charge in [-0.25, -0.2) is 18.2 Å². The number of amides is 1. The van der Waals surface area contributed by atoms with Crippen LogP contribution < -0.4 is 5.32 Å². The van der Waals surface area contributed by atoms with E-state index < -0.39 is 33.9 Å². The van der Waals surface area contributed by atoms with E-state index in [0.29, 0.717) is 17.8 Å². The Morgan fingerprint density at radius 3 is 2.93 bits per heavy atom. The molecule has 1 aliphatic rings. The van der Waals surface area contributed by atoms with E-state index in [1.165, 1.54) is 6.08 Å². The second-order valence-corrected chi connectivity index (χ2v) is 9.15. The molecular formula is C17H18ClN3O5S. The third-order valence-electron chi connectivity index (χ3n) is 4.19. The zero-order valence-corrected chi connectivity index (χ0v) is 16.1. The number of rotatable bonds is 5. The number of fused-ring (bicyclic) bond motifs is 1. The Morgan fingerprint density at radius 1 is 1.44 bits per heavy atom. The average Bonchev–Trinajstić information content (AvgIpc) is 3.05. The molecule has 8 nitrogen and oxygen atoms in total. The lowest BCUT2D eigenvalue weighted by molar-refractivity contribution is -0.144. The lowest BCUT2D eigenvalue weighted by atomic mass is 10.0. The van der Waals surface area contributed by atoms with Crippen LogP contribution in [0.25, 0.3) is 11.7 Å². The van der Waals surface area contributed by atoms with E-state index in [1.54, 1.807) is 29.7 Å². The summed E-state index contributed by atoms with van der Waals surface area (Å²) in [7, 11) is -3.14. The van der Waals surface area contributed by atoms with Crippen LogP contribution in [-0.2, 0) is 24.2 Å². The Balaban J connectivity index is 1.56. The van der Waals surface area contributed by atoms with E-state index in [2.05, 4.69) is 10.3 Å². The molecule has 10 heteroatoms. The zero-order chi connectivity index (χ0) is 19.7. The number of nitrogens with zero attached hydrogens (tertiary/aromatic N) is 2. The molecule has 1 N–H and O–H groups in total. The molecule has 1 fully saturated rings. The first-order chi connectivity index (χ1) is 12.7. The van der Waals surface area contributed by atoms with Gasteiger partial charge in [0.15, 0.2) is 21.6 Å². The number of halogens is 1. The van der Waals surface area contributed by atoms with Gasteiger partial charge in [0.2, 0.25) is 0 Å². The SMILES string of the molecule is C[C@]1(NC(=O)COC(=O)/C=C/c2c(Cl)nc3ccccn23)CCS(=O)(=O)C1. The third-order valence-corrected chi connectivity index (χ3v) is 6.37. The van der Waals surface area contributed by atoms with Gasteiger partial charge in [-0.05, 0) is 31.6 Å². The molecule has 1 amide bonds. The fourth-order valence-electron chi connectivity index (χ4n) is 2.95. The van der Waals surface area contributed by atoms with E-state index in [-0.39, 0.29) is 16.7 Å². The van der Waals surface area contributed by atoms with Crippen LogP contribution in [0.2, 0.25) is 5.15 Å². The Kier molecular flexibility index (Phi) is 5.25. The second kappa shape index (κ2) is 7.32. The highest BCUT2D eigenvalue weighted by Gasteiger charge is 2.39. The summed E-state index contributed by atoms with van der Waals surface area (Å²) in [6, 6.07) is 5.39. The van der Waals surface area contributed by atoms with Gasteiger partial charge in [0.25, 0.3) is 5.91 Å². The summed E-state index contributed by atoms with van der Waals surface area (Å²) in [5.74, 6) is -1.36. The third kappa shape index (κ3) is 4.67. The number of sulfone groups is 1. The monoisotopic (exact) mass is 411 g/mol. The molecule has 27 heavy (non-hydrogen) atoms. The number of hydrogen-bond donors (Lipinski definition) is 1. The maximum absolute atomic E-state index is 11.9. The number of imidazole rings is 1. The van der Waals surface area contributed by atoms with E-state index in [1.807, 2.05) is 6.07 Å². The summed E-state index contributed by atoms with van der Waals surface area (Å²) in [6.45, 7) is 1.16. The van der Waals surface area contributed by atoms with Gasteiger partial charge in [0, 0.05) is 12.3 Å².